The molecule has 2 aromatic carbocycles. The van der Waals surface area contributed by atoms with Gasteiger partial charge in [-0.05, 0) is 30.3 Å². The smallest absolute Gasteiger partial charge is 0.199 e. The molecular formula is C21H20O10. The number of benzene rings is 2. The van der Waals surface area contributed by atoms with Gasteiger partial charge in [0.15, 0.2) is 16.9 Å². The minimum atomic E-state index is -1.75. The predicted molar refractivity (Wildman–Crippen MR) is 106 cm³/mol. The molecule has 0 radical (unpaired) electrons. The van der Waals surface area contributed by atoms with Crippen molar-refractivity contribution in [3.05, 3.63) is 52.2 Å². The lowest BCUT2D eigenvalue weighted by Crippen LogP contribution is -2.55. The highest BCUT2D eigenvalue weighted by Gasteiger charge is 2.46. The number of ether oxygens (including phenoxy) is 1. The number of aliphatic hydroxyl groups excluding tert-OH is 4. The first kappa shape index (κ1) is 21.1. The van der Waals surface area contributed by atoms with E-state index in [9.17, 15) is 40.5 Å². The Morgan fingerprint density at radius 3 is 2.16 bits per heavy atom. The van der Waals surface area contributed by atoms with E-state index in [0.717, 1.165) is 12.1 Å². The molecular weight excluding hydrogens is 412 g/mol. The molecule has 5 atom stereocenters. The van der Waals surface area contributed by atoms with Crippen LogP contribution in [0.3, 0.4) is 0 Å². The van der Waals surface area contributed by atoms with E-state index in [1.807, 2.05) is 0 Å². The first-order chi connectivity index (χ1) is 14.7. The maximum absolute atomic E-state index is 13.4. The van der Waals surface area contributed by atoms with Gasteiger partial charge in [0.2, 0.25) is 0 Å². The Labute approximate surface area is 174 Å². The highest BCUT2D eigenvalue weighted by molar-refractivity contribution is 5.84. The van der Waals surface area contributed by atoms with E-state index >= 15 is 0 Å². The Balaban J connectivity index is 2.01. The Hall–Kier alpha value is -3.15. The summed E-state index contributed by atoms with van der Waals surface area (Å²) in [7, 11) is 0. The average Bonchev–Trinajstić information content (AvgIpc) is 2.75. The molecule has 10 nitrogen and oxygen atoms in total. The van der Waals surface area contributed by atoms with E-state index < -0.39 is 54.1 Å². The SMILES string of the molecule is O=c1c(C2OC(CO)C(O)C(O)C2O)c(-c2ccc(O)cc2)oc2cc(O)c(O)cc12. The summed E-state index contributed by atoms with van der Waals surface area (Å²) in [6.45, 7) is -0.691. The zero-order valence-corrected chi connectivity index (χ0v) is 15.9. The van der Waals surface area contributed by atoms with Gasteiger partial charge in [0.1, 0.15) is 47.6 Å². The molecule has 1 aromatic heterocycles. The van der Waals surface area contributed by atoms with Crippen molar-refractivity contribution in [3.63, 3.8) is 0 Å². The molecule has 5 unspecified atom stereocenters. The largest absolute Gasteiger partial charge is 0.508 e. The van der Waals surface area contributed by atoms with Crippen LogP contribution in [0, 0.1) is 0 Å². The molecule has 0 spiro atoms. The van der Waals surface area contributed by atoms with E-state index in [4.69, 9.17) is 9.15 Å². The lowest BCUT2D eigenvalue weighted by Gasteiger charge is -2.40. The normalized spacial score (nSPS) is 26.3. The predicted octanol–water partition coefficient (Wildman–Crippen LogP) is 0.0917. The topological polar surface area (TPSA) is 181 Å². The van der Waals surface area contributed by atoms with E-state index in [1.54, 1.807) is 0 Å². The number of rotatable bonds is 3. The van der Waals surface area contributed by atoms with Crippen LogP contribution in [-0.4, -0.2) is 66.8 Å². The molecule has 4 rings (SSSR count). The number of hydrogen-bond donors (Lipinski definition) is 7. The second-order valence-electron chi connectivity index (χ2n) is 7.31. The van der Waals surface area contributed by atoms with Crippen LogP contribution in [0.15, 0.2) is 45.6 Å². The van der Waals surface area contributed by atoms with Crippen LogP contribution in [-0.2, 0) is 4.74 Å². The summed E-state index contributed by atoms with van der Waals surface area (Å²) < 4.78 is 11.4. The van der Waals surface area contributed by atoms with Crippen molar-refractivity contribution in [2.24, 2.45) is 0 Å². The minimum absolute atomic E-state index is 0.0520. The minimum Gasteiger partial charge on any atom is -0.508 e. The van der Waals surface area contributed by atoms with Crippen molar-refractivity contribution in [2.75, 3.05) is 6.61 Å². The monoisotopic (exact) mass is 432 g/mol. The van der Waals surface area contributed by atoms with Gasteiger partial charge < -0.3 is 44.9 Å². The van der Waals surface area contributed by atoms with Crippen LogP contribution in [0.2, 0.25) is 0 Å². The first-order valence-corrected chi connectivity index (χ1v) is 9.35. The molecule has 1 aliphatic rings. The summed E-state index contributed by atoms with van der Waals surface area (Å²) in [6.07, 6.45) is -7.87. The van der Waals surface area contributed by atoms with Gasteiger partial charge in [-0.3, -0.25) is 4.79 Å². The zero-order chi connectivity index (χ0) is 22.4. The molecule has 1 aliphatic heterocycles. The third-order valence-corrected chi connectivity index (χ3v) is 5.33. The fraction of sp³-hybridized carbons (Fsp3) is 0.286. The van der Waals surface area contributed by atoms with Gasteiger partial charge in [-0.2, -0.15) is 0 Å². The van der Waals surface area contributed by atoms with Crippen LogP contribution >= 0.6 is 0 Å². The molecule has 1 fully saturated rings. The molecule has 2 heterocycles. The molecule has 7 N–H and O–H groups in total. The Kier molecular flexibility index (Phi) is 5.33. The zero-order valence-electron chi connectivity index (χ0n) is 15.9. The number of aliphatic hydroxyl groups is 4. The van der Waals surface area contributed by atoms with Gasteiger partial charge in [-0.1, -0.05) is 0 Å². The molecule has 10 heteroatoms. The maximum Gasteiger partial charge on any atom is 0.199 e. The standard InChI is InChI=1S/C21H20O10/c22-7-14-17(27)18(28)19(29)21(31-14)15-16(26)10-5-11(24)12(25)6-13(10)30-20(15)8-1-3-9(23)4-2-8/h1-6,14,17-19,21-25,27-29H,7H2. The fourth-order valence-electron chi connectivity index (χ4n) is 3.66. The number of phenols is 3. The lowest BCUT2D eigenvalue weighted by molar-refractivity contribution is -0.232. The number of phenolic OH excluding ortho intramolecular Hbond substituents is 3. The quantitative estimate of drug-likeness (QED) is 0.280. The Morgan fingerprint density at radius 1 is 0.871 bits per heavy atom. The van der Waals surface area contributed by atoms with Gasteiger partial charge in [0.05, 0.1) is 17.6 Å². The molecule has 0 saturated carbocycles. The van der Waals surface area contributed by atoms with Crippen LogP contribution in [0.25, 0.3) is 22.3 Å². The third kappa shape index (κ3) is 3.50. The van der Waals surface area contributed by atoms with E-state index in [-0.39, 0.29) is 28.0 Å². The average molecular weight is 432 g/mol. The summed E-state index contributed by atoms with van der Waals surface area (Å²) in [5.41, 5.74) is -0.739. The lowest BCUT2D eigenvalue weighted by atomic mass is 9.89. The van der Waals surface area contributed by atoms with Crippen LogP contribution in [0.4, 0.5) is 0 Å². The van der Waals surface area contributed by atoms with Gasteiger partial charge in [0.25, 0.3) is 0 Å². The fourth-order valence-corrected chi connectivity index (χ4v) is 3.66. The number of hydrogen-bond acceptors (Lipinski definition) is 10. The summed E-state index contributed by atoms with van der Waals surface area (Å²) in [6, 6.07) is 7.59. The van der Waals surface area contributed by atoms with E-state index in [1.165, 1.54) is 24.3 Å². The van der Waals surface area contributed by atoms with Gasteiger partial charge in [-0.15, -0.1) is 0 Å². The molecule has 1 saturated heterocycles. The first-order valence-electron chi connectivity index (χ1n) is 9.35. The molecule has 31 heavy (non-hydrogen) atoms. The van der Waals surface area contributed by atoms with E-state index in [2.05, 4.69) is 0 Å². The molecule has 164 valence electrons. The van der Waals surface area contributed by atoms with Crippen molar-refractivity contribution >= 4 is 11.0 Å². The highest BCUT2D eigenvalue weighted by Crippen LogP contribution is 2.39. The highest BCUT2D eigenvalue weighted by atomic mass is 16.5. The third-order valence-electron chi connectivity index (χ3n) is 5.33. The van der Waals surface area contributed by atoms with Gasteiger partial charge >= 0.3 is 0 Å². The van der Waals surface area contributed by atoms with Crippen molar-refractivity contribution in [1.82, 2.24) is 0 Å². The summed E-state index contributed by atoms with van der Waals surface area (Å²) in [5, 5.41) is 69.4. The second-order valence-corrected chi connectivity index (χ2v) is 7.31. The molecule has 0 bridgehead atoms. The second kappa shape index (κ2) is 7.84. The molecule has 0 amide bonds. The molecule has 0 aliphatic carbocycles. The maximum atomic E-state index is 13.4. The Morgan fingerprint density at radius 2 is 1.52 bits per heavy atom. The number of aromatic hydroxyl groups is 3. The molecule has 3 aromatic rings. The van der Waals surface area contributed by atoms with E-state index in [0.29, 0.717) is 5.56 Å². The van der Waals surface area contributed by atoms with Crippen molar-refractivity contribution < 1.29 is 44.9 Å². The van der Waals surface area contributed by atoms with Crippen LogP contribution in [0.5, 0.6) is 17.2 Å². The van der Waals surface area contributed by atoms with Crippen molar-refractivity contribution in [3.8, 4) is 28.6 Å². The summed E-state index contributed by atoms with van der Waals surface area (Å²) >= 11 is 0. The van der Waals surface area contributed by atoms with Crippen LogP contribution < -0.4 is 5.43 Å². The Bertz CT molecular complexity index is 1170. The van der Waals surface area contributed by atoms with Crippen LogP contribution in [0.1, 0.15) is 11.7 Å². The van der Waals surface area contributed by atoms with Crippen molar-refractivity contribution in [2.45, 2.75) is 30.5 Å². The van der Waals surface area contributed by atoms with Gasteiger partial charge in [-0.25, -0.2) is 0 Å². The van der Waals surface area contributed by atoms with Gasteiger partial charge in [0, 0.05) is 11.6 Å². The summed E-state index contributed by atoms with van der Waals surface area (Å²) in [4.78, 5) is 13.4. The summed E-state index contributed by atoms with van der Waals surface area (Å²) in [5.74, 6) is -1.24. The van der Waals surface area contributed by atoms with Crippen molar-refractivity contribution in [1.29, 1.82) is 0 Å². The number of fused-ring (bicyclic) bond motifs is 1.